The van der Waals surface area contributed by atoms with E-state index < -0.39 is 114 Å². The lowest BCUT2D eigenvalue weighted by atomic mass is 9.99. The first-order valence-electron chi connectivity index (χ1n) is 28.7. The van der Waals surface area contributed by atoms with E-state index in [4.69, 9.17) is 10.5 Å². The number of nitrogens with two attached hydrogens (primary N) is 1. The molecule has 12 N–H and O–H groups in total. The minimum Gasteiger partial charge on any atom is -0.508 e. The highest BCUT2D eigenvalue weighted by Gasteiger charge is 2.46. The van der Waals surface area contributed by atoms with Crippen molar-refractivity contribution in [3.8, 4) is 33.8 Å². The van der Waals surface area contributed by atoms with Gasteiger partial charge in [-0.15, -0.1) is 0 Å². The standard InChI is InChI=1S/C61H78N8O14/c1-3-4-7-31-83-46-27-23-41(24-28-46)39-17-15-38(16-18-39)40-19-21-42(22-20-40)54(74)63-47-9-5-6-10-50(61(81)82)66-58(78)51-32-44(72)34-68(51)59(79)49(11-8-30-62)65-55(75)48(29-14-37-12-25-43(71)26-13-37)64-57(77)52-33-45(73)35-69(52)60(80)53(36(2)70)67-56(47)76/h12-13,15-28,36,44-45,47-53,70-73H,3-11,14,29-35,62H2,1-2H3,(H,63,74)(H,64,77)(H,65,75)(H,66,78)(H,67,76)(H,81,82)/t36-,44-,45-,47+,48+,49+,50+,51+,52+,53+/m1/s1. The van der Waals surface area contributed by atoms with Crippen LogP contribution in [0.3, 0.4) is 0 Å². The van der Waals surface area contributed by atoms with Gasteiger partial charge in [0, 0.05) is 31.5 Å². The lowest BCUT2D eigenvalue weighted by molar-refractivity contribution is -0.145. The van der Waals surface area contributed by atoms with Gasteiger partial charge < -0.3 is 72.4 Å². The van der Waals surface area contributed by atoms with E-state index in [2.05, 4.69) is 33.5 Å². The van der Waals surface area contributed by atoms with Crippen molar-refractivity contribution in [1.82, 2.24) is 36.4 Å². The SMILES string of the molecule is CCCCCOc1ccc(-c2ccc(-c3ccc(C(=O)N[C@H]4CCCC[C@@H](C(=O)O)NC(=O)[C@@H]5C[C@@H](O)CN5C(=O)[C@H](CCCN)NC(=O)[C@H](CCc5ccc(O)cc5)NC(=O)[C@@H]5C[C@@H](O)CN5C(=O)[C@H]([C@@H](C)O)NC4=O)cc3)cc2)cc1. The van der Waals surface area contributed by atoms with Crippen LogP contribution >= 0.6 is 0 Å². The molecule has 22 heteroatoms. The molecule has 0 radical (unpaired) electrons. The molecule has 3 fully saturated rings. The van der Waals surface area contributed by atoms with E-state index in [9.17, 15) is 63.9 Å². The number of carbonyl (C=O) groups is 8. The van der Waals surface area contributed by atoms with Gasteiger partial charge in [0.1, 0.15) is 53.8 Å². The Morgan fingerprint density at radius 1 is 0.663 bits per heavy atom. The van der Waals surface area contributed by atoms with Gasteiger partial charge in [-0.05, 0) is 123 Å². The zero-order valence-electron chi connectivity index (χ0n) is 46.9. The van der Waals surface area contributed by atoms with Crippen LogP contribution in [-0.2, 0) is 40.0 Å². The maximum atomic E-state index is 14.5. The number of phenols is 1. The second-order valence-electron chi connectivity index (χ2n) is 21.7. The first-order chi connectivity index (χ1) is 39.8. The number of nitrogens with zero attached hydrogens (tertiary/aromatic N) is 2. The number of amides is 7. The molecule has 0 saturated carbocycles. The molecule has 0 spiro atoms. The van der Waals surface area contributed by atoms with E-state index in [-0.39, 0.29) is 88.6 Å². The number of nitrogens with one attached hydrogen (secondary N) is 5. The van der Waals surface area contributed by atoms with Crippen molar-refractivity contribution in [3.05, 3.63) is 108 Å². The molecule has 3 saturated heterocycles. The topological polar surface area (TPSA) is 340 Å². The molecule has 4 aromatic rings. The Labute approximate surface area is 482 Å². The minimum atomic E-state index is -1.73. The number of aliphatic carboxylic acids is 1. The second-order valence-corrected chi connectivity index (χ2v) is 21.7. The number of carboxylic acid groups (broad SMARTS) is 1. The van der Waals surface area contributed by atoms with Gasteiger partial charge in [-0.25, -0.2) is 4.79 Å². The number of fused-ring (bicyclic) bond motifs is 2. The summed E-state index contributed by atoms with van der Waals surface area (Å²) < 4.78 is 5.86. The Balaban J connectivity index is 1.14. The molecular formula is C61H78N8O14. The Bertz CT molecular complexity index is 2870. The largest absolute Gasteiger partial charge is 0.508 e. The highest BCUT2D eigenvalue weighted by atomic mass is 16.5. The Morgan fingerprint density at radius 2 is 1.20 bits per heavy atom. The number of unbranched alkanes of at least 4 members (excludes halogenated alkanes) is 2. The van der Waals surface area contributed by atoms with E-state index in [0.717, 1.165) is 57.1 Å². The molecule has 22 nitrogen and oxygen atoms in total. The van der Waals surface area contributed by atoms with Crippen LogP contribution in [0.2, 0.25) is 0 Å². The molecule has 446 valence electrons. The van der Waals surface area contributed by atoms with Crippen molar-refractivity contribution in [1.29, 1.82) is 0 Å². The first kappa shape index (κ1) is 62.7. The number of carbonyl (C=O) groups excluding carboxylic acids is 7. The number of benzene rings is 4. The smallest absolute Gasteiger partial charge is 0.326 e. The van der Waals surface area contributed by atoms with Gasteiger partial charge in [-0.1, -0.05) is 93.3 Å². The van der Waals surface area contributed by atoms with Gasteiger partial charge >= 0.3 is 5.97 Å². The second kappa shape index (κ2) is 29.9. The number of carboxylic acids is 1. The fourth-order valence-electron chi connectivity index (χ4n) is 10.7. The van der Waals surface area contributed by atoms with Crippen molar-refractivity contribution in [3.63, 3.8) is 0 Å². The lowest BCUT2D eigenvalue weighted by Crippen LogP contribution is -2.61. The Hall–Kier alpha value is -7.92. The number of ether oxygens (including phenoxy) is 1. The highest BCUT2D eigenvalue weighted by molar-refractivity contribution is 6.00. The van der Waals surface area contributed by atoms with Crippen molar-refractivity contribution >= 4 is 47.3 Å². The molecule has 10 atom stereocenters. The quantitative estimate of drug-likeness (QED) is 0.0678. The molecule has 0 unspecified atom stereocenters. The molecule has 83 heavy (non-hydrogen) atoms. The molecule has 0 aromatic heterocycles. The van der Waals surface area contributed by atoms with Gasteiger partial charge in [0.2, 0.25) is 35.4 Å². The van der Waals surface area contributed by atoms with Crippen molar-refractivity contribution in [2.45, 2.75) is 158 Å². The summed E-state index contributed by atoms with van der Waals surface area (Å²) in [5.74, 6) is -6.55. The number of aliphatic hydroxyl groups is 3. The molecule has 3 aliphatic rings. The van der Waals surface area contributed by atoms with E-state index in [1.54, 1.807) is 36.4 Å². The van der Waals surface area contributed by atoms with Gasteiger partial charge in [0.25, 0.3) is 5.91 Å². The van der Waals surface area contributed by atoms with E-state index in [0.29, 0.717) is 12.2 Å². The number of rotatable bonds is 17. The van der Waals surface area contributed by atoms with Crippen molar-refractivity contribution < 1.29 is 68.6 Å². The molecule has 4 aromatic carbocycles. The third-order valence-electron chi connectivity index (χ3n) is 15.4. The average molecular weight is 1150 g/mol. The fraction of sp³-hybridized carbons (Fsp3) is 0.475. The lowest BCUT2D eigenvalue weighted by Gasteiger charge is -2.32. The third kappa shape index (κ3) is 17.1. The first-order valence-corrected chi connectivity index (χ1v) is 28.7. The van der Waals surface area contributed by atoms with Crippen LogP contribution in [0.25, 0.3) is 22.3 Å². The summed E-state index contributed by atoms with van der Waals surface area (Å²) >= 11 is 0. The van der Waals surface area contributed by atoms with Crippen LogP contribution < -0.4 is 37.1 Å². The summed E-state index contributed by atoms with van der Waals surface area (Å²) in [5, 5.41) is 66.3. The maximum absolute atomic E-state index is 14.5. The van der Waals surface area contributed by atoms with Crippen LogP contribution in [-0.4, -0.2) is 169 Å². The van der Waals surface area contributed by atoms with Crippen LogP contribution in [0, 0.1) is 0 Å². The summed E-state index contributed by atoms with van der Waals surface area (Å²) in [6, 6.07) is 18.4. The van der Waals surface area contributed by atoms with Gasteiger partial charge in [0.15, 0.2) is 0 Å². The van der Waals surface area contributed by atoms with Crippen LogP contribution in [0.15, 0.2) is 97.1 Å². The molecule has 3 heterocycles. The Morgan fingerprint density at radius 3 is 1.77 bits per heavy atom. The fourth-order valence-corrected chi connectivity index (χ4v) is 10.7. The van der Waals surface area contributed by atoms with Gasteiger partial charge in [-0.3, -0.25) is 33.6 Å². The number of aryl methyl sites for hydroxylation is 1. The van der Waals surface area contributed by atoms with E-state index in [1.807, 2.05) is 48.5 Å². The van der Waals surface area contributed by atoms with Crippen LogP contribution in [0.4, 0.5) is 0 Å². The third-order valence-corrected chi connectivity index (χ3v) is 15.4. The zero-order valence-corrected chi connectivity index (χ0v) is 46.9. The number of aliphatic hydroxyl groups excluding tert-OH is 3. The molecule has 0 aliphatic carbocycles. The average Bonchev–Trinajstić information content (AvgIpc) is 4.30. The van der Waals surface area contributed by atoms with Gasteiger partial charge in [-0.2, -0.15) is 0 Å². The van der Waals surface area contributed by atoms with Crippen LogP contribution in [0.5, 0.6) is 11.5 Å². The Kier molecular flexibility index (Phi) is 22.6. The maximum Gasteiger partial charge on any atom is 0.326 e. The molecule has 3 aliphatic heterocycles. The van der Waals surface area contributed by atoms with E-state index in [1.165, 1.54) is 19.1 Å². The van der Waals surface area contributed by atoms with Crippen molar-refractivity contribution in [2.75, 3.05) is 26.2 Å². The number of hydrogen-bond acceptors (Lipinski definition) is 14. The zero-order chi connectivity index (χ0) is 59.7. The number of phenolic OH excluding ortho intramolecular Hbond substituents is 1. The molecular weight excluding hydrogens is 1070 g/mol. The number of hydrogen-bond donors (Lipinski definition) is 11. The predicted molar refractivity (Wildman–Crippen MR) is 306 cm³/mol. The van der Waals surface area contributed by atoms with Gasteiger partial charge in [0.05, 0.1) is 24.9 Å². The molecule has 7 amide bonds. The normalized spacial score (nSPS) is 24.6. The summed E-state index contributed by atoms with van der Waals surface area (Å²) in [5.41, 5.74) is 10.3. The number of aromatic hydroxyl groups is 1. The predicted octanol–water partition coefficient (Wildman–Crippen LogP) is 2.67. The van der Waals surface area contributed by atoms with Crippen LogP contribution in [0.1, 0.15) is 107 Å². The summed E-state index contributed by atoms with van der Waals surface area (Å²) in [7, 11) is 0. The van der Waals surface area contributed by atoms with Crippen molar-refractivity contribution in [2.24, 2.45) is 5.73 Å². The summed E-state index contributed by atoms with van der Waals surface area (Å²) in [6.45, 7) is 3.41. The van der Waals surface area contributed by atoms with E-state index >= 15 is 0 Å². The minimum absolute atomic E-state index is 0.0126. The molecule has 7 rings (SSSR count). The monoisotopic (exact) mass is 1150 g/mol. The molecule has 0 bridgehead atoms. The highest BCUT2D eigenvalue weighted by Crippen LogP contribution is 2.28. The summed E-state index contributed by atoms with van der Waals surface area (Å²) in [6.07, 6.45) is -1.26. The summed E-state index contributed by atoms with van der Waals surface area (Å²) in [4.78, 5) is 115.